The first kappa shape index (κ1) is 16.8. The summed E-state index contributed by atoms with van der Waals surface area (Å²) in [5.74, 6) is 0. The van der Waals surface area contributed by atoms with Crippen LogP contribution >= 0.6 is 0 Å². The summed E-state index contributed by atoms with van der Waals surface area (Å²) >= 11 is 0. The van der Waals surface area contributed by atoms with Crippen LogP contribution in [0.3, 0.4) is 0 Å². The number of benzene rings is 1. The summed E-state index contributed by atoms with van der Waals surface area (Å²) in [6.07, 6.45) is -2.85. The van der Waals surface area contributed by atoms with Crippen LogP contribution in [0.25, 0.3) is 5.57 Å². The molecule has 5 atom stereocenters. The minimum Gasteiger partial charge on any atom is -0.394 e. The first-order valence-corrected chi connectivity index (χ1v) is 7.11. The Morgan fingerprint density at radius 2 is 1.95 bits per heavy atom. The molecule has 5 N–H and O–H groups in total. The average Bonchev–Trinajstić information content (AvgIpc) is 2.54. The first-order valence-electron chi connectivity index (χ1n) is 7.11. The monoisotopic (exact) mass is 307 g/mol. The molecule has 1 aromatic carbocycles. The van der Waals surface area contributed by atoms with E-state index in [-0.39, 0.29) is 0 Å². The Balaban J connectivity index is 2.34. The van der Waals surface area contributed by atoms with Crippen LogP contribution in [-0.4, -0.2) is 57.7 Å². The van der Waals surface area contributed by atoms with E-state index in [9.17, 15) is 20.4 Å². The Morgan fingerprint density at radius 3 is 2.55 bits per heavy atom. The fourth-order valence-corrected chi connectivity index (χ4v) is 2.61. The minimum atomic E-state index is -1.40. The number of ether oxygens (including phenoxy) is 1. The summed E-state index contributed by atoms with van der Waals surface area (Å²) in [7, 11) is 0. The highest BCUT2D eigenvalue weighted by Gasteiger charge is 2.43. The number of hydrogen-bond acceptors (Lipinski definition) is 6. The topological polar surface area (TPSA) is 114 Å². The van der Waals surface area contributed by atoms with Crippen molar-refractivity contribution >= 4 is 11.8 Å². The van der Waals surface area contributed by atoms with Crippen LogP contribution in [0, 0.1) is 5.41 Å². The second-order valence-electron chi connectivity index (χ2n) is 5.26. The number of hydrogen-bond donors (Lipinski definition) is 5. The van der Waals surface area contributed by atoms with Gasteiger partial charge in [-0.3, -0.25) is 0 Å². The van der Waals surface area contributed by atoms with E-state index in [1.807, 2.05) is 13.0 Å². The van der Waals surface area contributed by atoms with E-state index in [0.29, 0.717) is 11.1 Å². The third-order valence-electron chi connectivity index (χ3n) is 3.91. The van der Waals surface area contributed by atoms with Crippen LogP contribution in [0.15, 0.2) is 30.3 Å². The van der Waals surface area contributed by atoms with Crippen molar-refractivity contribution in [1.29, 1.82) is 5.41 Å². The van der Waals surface area contributed by atoms with Gasteiger partial charge in [0, 0.05) is 6.21 Å². The summed E-state index contributed by atoms with van der Waals surface area (Å²) in [4.78, 5) is 0. The smallest absolute Gasteiger partial charge is 0.113 e. The van der Waals surface area contributed by atoms with Crippen molar-refractivity contribution < 1.29 is 25.2 Å². The molecule has 1 aliphatic rings. The predicted octanol–water partition coefficient (Wildman–Crippen LogP) is 0.254. The number of rotatable bonds is 4. The molecule has 0 aromatic heterocycles. The Kier molecular flexibility index (Phi) is 5.44. The molecule has 0 saturated carbocycles. The van der Waals surface area contributed by atoms with Gasteiger partial charge in [-0.15, -0.1) is 0 Å². The zero-order chi connectivity index (χ0) is 16.3. The molecule has 0 bridgehead atoms. The number of aliphatic hydroxyl groups excluding tert-OH is 4. The molecule has 22 heavy (non-hydrogen) atoms. The van der Waals surface area contributed by atoms with Gasteiger partial charge in [-0.2, -0.15) is 0 Å². The lowest BCUT2D eigenvalue weighted by Crippen LogP contribution is -2.55. The van der Waals surface area contributed by atoms with Gasteiger partial charge in [0.25, 0.3) is 0 Å². The lowest BCUT2D eigenvalue weighted by molar-refractivity contribution is -0.231. The van der Waals surface area contributed by atoms with Crippen molar-refractivity contribution in [1.82, 2.24) is 0 Å². The van der Waals surface area contributed by atoms with Gasteiger partial charge in [-0.1, -0.05) is 24.3 Å². The number of nitrogens with one attached hydrogen (secondary N) is 1. The molecular formula is C16H21NO5. The Bertz CT molecular complexity index is 557. The molecule has 0 aliphatic carbocycles. The van der Waals surface area contributed by atoms with Crippen LogP contribution in [0.1, 0.15) is 24.2 Å². The molecule has 0 spiro atoms. The van der Waals surface area contributed by atoms with E-state index in [1.54, 1.807) is 24.3 Å². The van der Waals surface area contributed by atoms with E-state index in [0.717, 1.165) is 5.56 Å². The van der Waals surface area contributed by atoms with Crippen LogP contribution < -0.4 is 0 Å². The molecule has 0 amide bonds. The highest BCUT2D eigenvalue weighted by Crippen LogP contribution is 2.33. The van der Waals surface area contributed by atoms with Crippen LogP contribution in [-0.2, 0) is 4.74 Å². The maximum absolute atomic E-state index is 10.1. The van der Waals surface area contributed by atoms with Crippen molar-refractivity contribution in [3.63, 3.8) is 0 Å². The fourth-order valence-electron chi connectivity index (χ4n) is 2.61. The summed E-state index contributed by atoms with van der Waals surface area (Å²) in [5.41, 5.74) is 2.11. The van der Waals surface area contributed by atoms with Crippen LogP contribution in [0.5, 0.6) is 0 Å². The van der Waals surface area contributed by atoms with Gasteiger partial charge in [0.15, 0.2) is 0 Å². The summed E-state index contributed by atoms with van der Waals surface area (Å²) in [6.45, 7) is 1.36. The van der Waals surface area contributed by atoms with E-state index >= 15 is 0 Å². The zero-order valence-electron chi connectivity index (χ0n) is 12.3. The standard InChI is InChI=1S/C16H21NO5/c1-2-9(7-17)10-4-3-5-11(6-10)16-15(21)14(20)13(19)12(8-18)22-16/h2-7,12-21H,8H2,1H3/b9-2+,17-7?/t12-,13-,14+,15+,16-/m1/s1. The molecule has 6 nitrogen and oxygen atoms in total. The average molecular weight is 307 g/mol. The molecule has 1 aromatic rings. The maximum Gasteiger partial charge on any atom is 0.113 e. The van der Waals surface area contributed by atoms with E-state index in [2.05, 4.69) is 0 Å². The molecule has 1 aliphatic heterocycles. The Labute approximate surface area is 128 Å². The minimum absolute atomic E-state index is 0.457. The van der Waals surface area contributed by atoms with Gasteiger partial charge in [-0.25, -0.2) is 0 Å². The first-order chi connectivity index (χ1) is 10.5. The fraction of sp³-hybridized carbons (Fsp3) is 0.438. The molecule has 0 radical (unpaired) electrons. The highest BCUT2D eigenvalue weighted by atomic mass is 16.5. The molecule has 2 rings (SSSR count). The molecular weight excluding hydrogens is 286 g/mol. The highest BCUT2D eigenvalue weighted by molar-refractivity contribution is 6.08. The van der Waals surface area contributed by atoms with Crippen LogP contribution in [0.4, 0.5) is 0 Å². The second-order valence-corrected chi connectivity index (χ2v) is 5.26. The van der Waals surface area contributed by atoms with Gasteiger partial charge >= 0.3 is 0 Å². The van der Waals surface area contributed by atoms with Gasteiger partial charge in [-0.05, 0) is 29.7 Å². The van der Waals surface area contributed by atoms with Gasteiger partial charge < -0.3 is 30.6 Å². The second kappa shape index (κ2) is 7.13. The van der Waals surface area contributed by atoms with E-state index in [1.165, 1.54) is 6.21 Å². The molecule has 1 fully saturated rings. The summed E-state index contributed by atoms with van der Waals surface area (Å²) < 4.78 is 5.53. The Hall–Kier alpha value is -1.57. The van der Waals surface area contributed by atoms with Crippen molar-refractivity contribution in [3.05, 3.63) is 41.5 Å². The van der Waals surface area contributed by atoms with E-state index in [4.69, 9.17) is 10.1 Å². The van der Waals surface area contributed by atoms with Crippen molar-refractivity contribution in [2.45, 2.75) is 37.4 Å². The summed E-state index contributed by atoms with van der Waals surface area (Å²) in [5, 5.41) is 46.4. The largest absolute Gasteiger partial charge is 0.394 e. The quantitative estimate of drug-likeness (QED) is 0.512. The molecule has 0 unspecified atom stereocenters. The normalized spacial score (nSPS) is 32.8. The Morgan fingerprint density at radius 1 is 1.23 bits per heavy atom. The van der Waals surface area contributed by atoms with E-state index < -0.39 is 37.1 Å². The molecule has 6 heteroatoms. The predicted molar refractivity (Wildman–Crippen MR) is 81.6 cm³/mol. The molecule has 120 valence electrons. The summed E-state index contributed by atoms with van der Waals surface area (Å²) in [6, 6.07) is 7.08. The molecule has 1 saturated heterocycles. The number of allylic oxidation sites excluding steroid dienone is 2. The zero-order valence-corrected chi connectivity index (χ0v) is 12.3. The molecule has 1 heterocycles. The van der Waals surface area contributed by atoms with Crippen LogP contribution in [0.2, 0.25) is 0 Å². The SMILES string of the molecule is C/C=C(\C=N)c1cccc([C@H]2O[C@H](CO)[C@@H](O)[C@H](O)[C@@H]2O)c1. The van der Waals surface area contributed by atoms with Gasteiger partial charge in [0.05, 0.1) is 6.61 Å². The maximum atomic E-state index is 10.1. The third kappa shape index (κ3) is 3.11. The van der Waals surface area contributed by atoms with Crippen molar-refractivity contribution in [3.8, 4) is 0 Å². The van der Waals surface area contributed by atoms with Crippen molar-refractivity contribution in [2.24, 2.45) is 0 Å². The van der Waals surface area contributed by atoms with Gasteiger partial charge in [0.2, 0.25) is 0 Å². The van der Waals surface area contributed by atoms with Gasteiger partial charge in [0.1, 0.15) is 30.5 Å². The lowest BCUT2D eigenvalue weighted by Gasteiger charge is -2.40. The number of aliphatic hydroxyl groups is 4. The lowest BCUT2D eigenvalue weighted by atomic mass is 9.90. The van der Waals surface area contributed by atoms with Crippen molar-refractivity contribution in [2.75, 3.05) is 6.61 Å². The third-order valence-corrected chi connectivity index (χ3v) is 3.91.